The molecule has 576 valence electrons. The second-order valence-corrected chi connectivity index (χ2v) is 29.3. The number of aliphatic hydroxyl groups excluding tert-OH is 1. The van der Waals surface area contributed by atoms with E-state index in [0.717, 1.165) is 83.9 Å². The molecular weight excluding hydrogens is 1330 g/mol. The van der Waals surface area contributed by atoms with Crippen molar-refractivity contribution < 1.29 is 62.0 Å². The van der Waals surface area contributed by atoms with Gasteiger partial charge in [0.25, 0.3) is 0 Å². The zero-order valence-corrected chi connectivity index (χ0v) is 63.9. The fourth-order valence-corrected chi connectivity index (χ4v) is 14.6. The molecule has 2 aliphatic heterocycles. The Balaban J connectivity index is 1.04. The highest BCUT2D eigenvalue weighted by Crippen LogP contribution is 2.38. The Kier molecular flexibility index (Phi) is 40.3. The lowest BCUT2D eigenvalue weighted by molar-refractivity contribution is -0.393. The molecule has 2 fully saturated rings. The summed E-state index contributed by atoms with van der Waals surface area (Å²) >= 11 is 0. The van der Waals surface area contributed by atoms with Crippen molar-refractivity contribution in [3.63, 3.8) is 0 Å². The molecule has 0 aromatic heterocycles. The monoisotopic (exact) mass is 1450 g/mol. The Morgan fingerprint density at radius 1 is 0.321 bits per heavy atom. The van der Waals surface area contributed by atoms with Gasteiger partial charge in [-0.15, -0.1) is 0 Å². The first kappa shape index (κ1) is 83.6. The van der Waals surface area contributed by atoms with Gasteiger partial charge in [-0.05, 0) is 51.8 Å². The van der Waals surface area contributed by atoms with Crippen molar-refractivity contribution in [2.45, 2.75) is 301 Å². The van der Waals surface area contributed by atoms with Crippen LogP contribution >= 0.6 is 0 Å². The second-order valence-electron chi connectivity index (χ2n) is 29.3. The number of esters is 1. The maximum Gasteiger partial charge on any atom is 0.311 e. The van der Waals surface area contributed by atoms with Gasteiger partial charge < -0.3 is 57.2 Å². The van der Waals surface area contributed by atoms with Gasteiger partial charge in [-0.2, -0.15) is 0 Å². The lowest BCUT2D eigenvalue weighted by Gasteiger charge is -2.49. The van der Waals surface area contributed by atoms with E-state index in [1.54, 1.807) is 0 Å². The lowest BCUT2D eigenvalue weighted by atomic mass is 9.91. The van der Waals surface area contributed by atoms with Crippen LogP contribution in [-0.4, -0.2) is 91.8 Å². The third-order valence-corrected chi connectivity index (χ3v) is 20.8. The van der Waals surface area contributed by atoms with E-state index in [2.05, 4.69) is 26.0 Å². The Morgan fingerprint density at radius 2 is 0.585 bits per heavy atom. The molecule has 0 radical (unpaired) electrons. The summed E-state index contributed by atoms with van der Waals surface area (Å²) in [6.07, 6.45) is 21.7. The summed E-state index contributed by atoms with van der Waals surface area (Å²) in [6.45, 7) is 5.33. The first-order valence-corrected chi connectivity index (χ1v) is 40.8. The SMILES string of the molecule is CCCCCCCCCCCCCCC[C@H](OCc1ccccc1)[C@H](CCCCCCCCCCCCCC)C(=O)OC[C@H]1O[C@H](O[C@H]2O[C@H](CO)[C@@H](OCc3ccccc3)[C@H](OCc3ccccc3)[C@H]2OCc2ccccc2)[C@H](OCc2ccccc2)[C@@H](OCc2ccccc2)[C@@H]1OCc1ccccc1. The number of hydrogen-bond acceptors (Lipinski definition) is 13. The smallest absolute Gasteiger partial charge is 0.311 e. The van der Waals surface area contributed by atoms with Gasteiger partial charge in [0.05, 0.1) is 64.9 Å². The summed E-state index contributed by atoms with van der Waals surface area (Å²) < 4.78 is 78.5. The normalized spacial score (nSPS) is 20.8. The average molecular weight is 1450 g/mol. The lowest BCUT2D eigenvalue weighted by Crippen LogP contribution is -2.66. The van der Waals surface area contributed by atoms with Crippen molar-refractivity contribution in [1.29, 1.82) is 0 Å². The topological polar surface area (TPSA) is 139 Å². The van der Waals surface area contributed by atoms with E-state index in [4.69, 9.17) is 52.1 Å². The summed E-state index contributed by atoms with van der Waals surface area (Å²) in [5.74, 6) is -0.896. The van der Waals surface area contributed by atoms with Crippen molar-refractivity contribution in [2.75, 3.05) is 13.2 Å². The van der Waals surface area contributed by atoms with E-state index >= 15 is 4.79 Å². The largest absolute Gasteiger partial charge is 0.463 e. The fraction of sp³-hybridized carbons (Fsp3) is 0.538. The van der Waals surface area contributed by atoms with Gasteiger partial charge in [-0.25, -0.2) is 0 Å². The molecule has 9 rings (SSSR count). The zero-order chi connectivity index (χ0) is 73.5. The number of carbonyl (C=O) groups excluding carboxylic acids is 1. The highest BCUT2D eigenvalue weighted by atomic mass is 16.8. The van der Waals surface area contributed by atoms with Gasteiger partial charge in [-0.3, -0.25) is 4.79 Å². The van der Waals surface area contributed by atoms with Gasteiger partial charge in [0.1, 0.15) is 55.4 Å². The number of rotatable bonds is 55. The molecule has 1 N–H and O–H groups in total. The van der Waals surface area contributed by atoms with Crippen LogP contribution in [0, 0.1) is 5.92 Å². The number of ether oxygens (including phenoxy) is 11. The molecule has 0 unspecified atom stereocenters. The number of benzene rings is 7. The van der Waals surface area contributed by atoms with Crippen LogP contribution in [0.4, 0.5) is 0 Å². The van der Waals surface area contributed by atoms with Gasteiger partial charge in [0.15, 0.2) is 12.6 Å². The van der Waals surface area contributed by atoms with E-state index in [1.807, 2.05) is 200 Å². The average Bonchev–Trinajstić information content (AvgIpc) is 0.771. The van der Waals surface area contributed by atoms with Gasteiger partial charge in [-0.1, -0.05) is 387 Å². The molecule has 2 saturated heterocycles. The maximum absolute atomic E-state index is 15.8. The summed E-state index contributed by atoms with van der Waals surface area (Å²) in [5, 5.41) is 11.6. The van der Waals surface area contributed by atoms with Crippen LogP contribution < -0.4 is 0 Å². The minimum absolute atomic E-state index is 0.145. The number of unbranched alkanes of at least 4 members (excludes halogenated alkanes) is 23. The molecule has 2 aliphatic rings. The van der Waals surface area contributed by atoms with Gasteiger partial charge in [0, 0.05) is 0 Å². The number of hydrogen-bond donors (Lipinski definition) is 1. The molecule has 0 aliphatic carbocycles. The maximum atomic E-state index is 15.8. The summed E-state index contributed by atoms with van der Waals surface area (Å²) in [6, 6.07) is 70.2. The van der Waals surface area contributed by atoms with Gasteiger partial charge in [0.2, 0.25) is 0 Å². The predicted molar refractivity (Wildman–Crippen MR) is 421 cm³/mol. The molecule has 12 atom stereocenters. The van der Waals surface area contributed by atoms with Crippen LogP contribution in [0.2, 0.25) is 0 Å². The Hall–Kier alpha value is -6.43. The third kappa shape index (κ3) is 30.6. The fourth-order valence-electron chi connectivity index (χ4n) is 14.6. The molecule has 0 spiro atoms. The predicted octanol–water partition coefficient (Wildman–Crippen LogP) is 21.3. The Morgan fingerprint density at radius 3 is 0.906 bits per heavy atom. The molecule has 0 saturated carbocycles. The molecular formula is C93H126O13. The molecule has 0 bridgehead atoms. The van der Waals surface area contributed by atoms with Crippen molar-refractivity contribution in [1.82, 2.24) is 0 Å². The van der Waals surface area contributed by atoms with E-state index < -0.39 is 80.0 Å². The Labute approximate surface area is 636 Å². The summed E-state index contributed by atoms with van der Waals surface area (Å²) in [7, 11) is 0. The van der Waals surface area contributed by atoms with Crippen LogP contribution in [-0.2, 0) is 103 Å². The molecule has 0 amide bonds. The number of carbonyl (C=O) groups is 1. The van der Waals surface area contributed by atoms with Crippen LogP contribution in [0.1, 0.15) is 226 Å². The highest BCUT2D eigenvalue weighted by molar-refractivity contribution is 5.73. The van der Waals surface area contributed by atoms with Crippen LogP contribution in [0.25, 0.3) is 0 Å². The van der Waals surface area contributed by atoms with Crippen molar-refractivity contribution in [3.05, 3.63) is 251 Å². The molecule has 106 heavy (non-hydrogen) atoms. The first-order valence-electron chi connectivity index (χ1n) is 40.8. The molecule has 7 aromatic rings. The van der Waals surface area contributed by atoms with E-state index in [-0.39, 0.29) is 52.2 Å². The van der Waals surface area contributed by atoms with Crippen molar-refractivity contribution >= 4 is 5.97 Å². The van der Waals surface area contributed by atoms with Crippen LogP contribution in [0.3, 0.4) is 0 Å². The third-order valence-electron chi connectivity index (χ3n) is 20.8. The van der Waals surface area contributed by atoms with E-state index in [1.165, 1.54) is 122 Å². The highest BCUT2D eigenvalue weighted by Gasteiger charge is 2.55. The van der Waals surface area contributed by atoms with Crippen molar-refractivity contribution in [3.8, 4) is 0 Å². The standard InChI is InChI=1S/C93H126O13/c1-3-5-7-9-11-13-15-17-19-21-23-25-48-64-82(96-66-74-49-33-26-34-50-74)81(63-47-24-22-20-18-16-14-12-10-8-6-4-2)91(95)103-73-84-86(98-68-76-53-37-28-38-54-76)88(100-70-78-57-41-30-42-58-78)90(102-72-80-61-45-32-46-62-80)93(105-84)106-92-89(101-71-79-59-43-31-44-60-79)87(99-69-77-55-39-29-40-56-77)85(83(65-94)104-92)97-67-75-51-35-27-36-52-75/h26-46,49-62,81-90,92-94H,3-25,47-48,63-73H2,1-2H3/t81-,82-,83+,84+,85+,86+,87-,88-,89+,90+,92+,93+/m0/s1. The van der Waals surface area contributed by atoms with Crippen molar-refractivity contribution in [2.24, 2.45) is 5.92 Å². The summed E-state index contributed by atoms with van der Waals surface area (Å²) in [4.78, 5) is 15.8. The minimum Gasteiger partial charge on any atom is -0.463 e. The first-order chi connectivity index (χ1) is 52.5. The molecule has 13 nitrogen and oxygen atoms in total. The van der Waals surface area contributed by atoms with Crippen LogP contribution in [0.15, 0.2) is 212 Å². The molecule has 7 aromatic carbocycles. The minimum atomic E-state index is -1.30. The quantitative estimate of drug-likeness (QED) is 0.0286. The molecule has 13 heteroatoms. The number of aliphatic hydroxyl groups is 1. The van der Waals surface area contributed by atoms with Gasteiger partial charge >= 0.3 is 5.97 Å². The summed E-state index contributed by atoms with van der Waals surface area (Å²) in [5.41, 5.74) is 6.62. The second kappa shape index (κ2) is 51.1. The van der Waals surface area contributed by atoms with E-state index in [0.29, 0.717) is 13.0 Å². The van der Waals surface area contributed by atoms with Crippen LogP contribution in [0.5, 0.6) is 0 Å². The Bertz CT molecular complexity index is 3280. The zero-order valence-electron chi connectivity index (χ0n) is 63.9. The molecule has 2 heterocycles. The van der Waals surface area contributed by atoms with E-state index in [9.17, 15) is 5.11 Å².